The monoisotopic (exact) mass is 436 g/mol. The number of amides is 1. The third-order valence-corrected chi connectivity index (χ3v) is 6.77. The highest BCUT2D eigenvalue weighted by molar-refractivity contribution is 7.92. The lowest BCUT2D eigenvalue weighted by Gasteiger charge is -2.16. The third kappa shape index (κ3) is 5.14. The van der Waals surface area contributed by atoms with Crippen molar-refractivity contribution < 1.29 is 13.2 Å². The summed E-state index contributed by atoms with van der Waals surface area (Å²) in [5.41, 5.74) is 5.20. The molecule has 2 N–H and O–H groups in total. The molecule has 0 fully saturated rings. The van der Waals surface area contributed by atoms with Gasteiger partial charge in [-0.15, -0.1) is 0 Å². The number of rotatable bonds is 7. The number of hydrogen-bond acceptors (Lipinski definition) is 3. The summed E-state index contributed by atoms with van der Waals surface area (Å²) in [6.07, 6.45) is 1.58. The molecule has 0 saturated carbocycles. The number of aryl methyl sites for hydroxylation is 4. The van der Waals surface area contributed by atoms with E-state index in [4.69, 9.17) is 0 Å². The Morgan fingerprint density at radius 2 is 1.52 bits per heavy atom. The van der Waals surface area contributed by atoms with Gasteiger partial charge >= 0.3 is 0 Å². The second-order valence-electron chi connectivity index (χ2n) is 7.57. The fourth-order valence-corrected chi connectivity index (χ4v) is 4.86. The Morgan fingerprint density at radius 3 is 2.13 bits per heavy atom. The number of carbonyl (C=O) groups is 1. The molecule has 0 bridgehead atoms. The summed E-state index contributed by atoms with van der Waals surface area (Å²) in [5, 5.41) is 3.00. The molecule has 0 saturated heterocycles. The van der Waals surface area contributed by atoms with Crippen molar-refractivity contribution in [2.45, 2.75) is 45.4 Å². The molecule has 0 atom stereocenters. The van der Waals surface area contributed by atoms with Crippen LogP contribution in [0, 0.1) is 13.8 Å². The first-order valence-electron chi connectivity index (χ1n) is 10.4. The molecular weight excluding hydrogens is 408 g/mol. The van der Waals surface area contributed by atoms with Crippen LogP contribution in [0.2, 0.25) is 0 Å². The van der Waals surface area contributed by atoms with Crippen molar-refractivity contribution in [1.29, 1.82) is 0 Å². The van der Waals surface area contributed by atoms with Crippen LogP contribution in [0.1, 0.15) is 46.5 Å². The van der Waals surface area contributed by atoms with E-state index in [1.54, 1.807) is 37.3 Å². The van der Waals surface area contributed by atoms with E-state index in [1.807, 2.05) is 45.0 Å². The molecular formula is C25H28N2O3S. The van der Waals surface area contributed by atoms with Crippen LogP contribution in [-0.4, -0.2) is 14.3 Å². The van der Waals surface area contributed by atoms with Gasteiger partial charge in [-0.3, -0.25) is 9.52 Å². The molecule has 0 spiro atoms. The fraction of sp³-hybridized carbons (Fsp3) is 0.240. The van der Waals surface area contributed by atoms with E-state index >= 15 is 0 Å². The maximum atomic E-state index is 13.0. The van der Waals surface area contributed by atoms with Gasteiger partial charge in [-0.2, -0.15) is 0 Å². The minimum atomic E-state index is -3.85. The minimum Gasteiger partial charge on any atom is -0.321 e. The van der Waals surface area contributed by atoms with E-state index in [0.29, 0.717) is 16.8 Å². The number of carbonyl (C=O) groups excluding carboxylic acids is 1. The Balaban J connectivity index is 1.93. The van der Waals surface area contributed by atoms with Crippen LogP contribution in [0.25, 0.3) is 0 Å². The lowest BCUT2D eigenvalue weighted by Crippen LogP contribution is -2.18. The van der Waals surface area contributed by atoms with E-state index in [-0.39, 0.29) is 10.8 Å². The molecule has 1 amide bonds. The molecule has 3 rings (SSSR count). The molecule has 3 aromatic carbocycles. The van der Waals surface area contributed by atoms with Gasteiger partial charge in [0.1, 0.15) is 0 Å². The summed E-state index contributed by atoms with van der Waals surface area (Å²) in [4.78, 5) is 13.1. The molecule has 162 valence electrons. The van der Waals surface area contributed by atoms with E-state index < -0.39 is 10.0 Å². The van der Waals surface area contributed by atoms with Gasteiger partial charge in [0.05, 0.1) is 4.90 Å². The van der Waals surface area contributed by atoms with Crippen LogP contribution in [0.3, 0.4) is 0 Å². The van der Waals surface area contributed by atoms with Crippen LogP contribution in [0.15, 0.2) is 65.6 Å². The van der Waals surface area contributed by atoms with Crippen molar-refractivity contribution in [3.63, 3.8) is 0 Å². The Bertz CT molecular complexity index is 1190. The zero-order valence-corrected chi connectivity index (χ0v) is 19.1. The highest BCUT2D eigenvalue weighted by atomic mass is 32.2. The van der Waals surface area contributed by atoms with Gasteiger partial charge < -0.3 is 5.32 Å². The SMILES string of the molecule is CCc1cccc(CC)c1NC(=O)c1ccc(C)c(S(=O)(=O)Nc2cccc(C)c2)c1. The van der Waals surface area contributed by atoms with Gasteiger partial charge in [-0.25, -0.2) is 8.42 Å². The van der Waals surface area contributed by atoms with Crippen molar-refractivity contribution in [2.24, 2.45) is 0 Å². The van der Waals surface area contributed by atoms with Crippen molar-refractivity contribution in [3.05, 3.63) is 88.5 Å². The van der Waals surface area contributed by atoms with Gasteiger partial charge in [-0.05, 0) is 73.2 Å². The first-order valence-corrected chi connectivity index (χ1v) is 11.9. The Labute approximate surface area is 184 Å². The minimum absolute atomic E-state index is 0.0844. The summed E-state index contributed by atoms with van der Waals surface area (Å²) in [7, 11) is -3.85. The number of sulfonamides is 1. The Morgan fingerprint density at radius 1 is 0.871 bits per heavy atom. The van der Waals surface area contributed by atoms with Crippen molar-refractivity contribution >= 4 is 27.3 Å². The summed E-state index contributed by atoms with van der Waals surface area (Å²) in [6, 6.07) is 17.9. The molecule has 0 aliphatic carbocycles. The lowest BCUT2D eigenvalue weighted by atomic mass is 10.0. The van der Waals surface area contributed by atoms with E-state index in [2.05, 4.69) is 10.0 Å². The summed E-state index contributed by atoms with van der Waals surface area (Å²) in [6.45, 7) is 7.69. The normalized spacial score (nSPS) is 11.2. The van der Waals surface area contributed by atoms with E-state index in [9.17, 15) is 13.2 Å². The van der Waals surface area contributed by atoms with Crippen LogP contribution in [0.4, 0.5) is 11.4 Å². The first-order chi connectivity index (χ1) is 14.7. The average molecular weight is 437 g/mol. The van der Waals surface area contributed by atoms with Crippen LogP contribution in [0.5, 0.6) is 0 Å². The van der Waals surface area contributed by atoms with Gasteiger partial charge in [0.2, 0.25) is 0 Å². The predicted octanol–water partition coefficient (Wildman–Crippen LogP) is 5.48. The summed E-state index contributed by atoms with van der Waals surface area (Å²) < 4.78 is 28.7. The largest absolute Gasteiger partial charge is 0.321 e. The molecule has 0 aliphatic heterocycles. The molecule has 5 nitrogen and oxygen atoms in total. The molecule has 0 aliphatic rings. The average Bonchev–Trinajstić information content (AvgIpc) is 2.73. The number of anilines is 2. The third-order valence-electron chi connectivity index (χ3n) is 5.25. The zero-order chi connectivity index (χ0) is 22.6. The Kier molecular flexibility index (Phi) is 6.81. The van der Waals surface area contributed by atoms with E-state index in [1.165, 1.54) is 6.07 Å². The smallest absolute Gasteiger partial charge is 0.262 e. The zero-order valence-electron chi connectivity index (χ0n) is 18.3. The van der Waals surface area contributed by atoms with Crippen molar-refractivity contribution in [3.8, 4) is 0 Å². The number of hydrogen-bond donors (Lipinski definition) is 2. The molecule has 3 aromatic rings. The van der Waals surface area contributed by atoms with Gasteiger partial charge in [-0.1, -0.05) is 50.2 Å². The highest BCUT2D eigenvalue weighted by Crippen LogP contribution is 2.25. The van der Waals surface area contributed by atoms with Gasteiger partial charge in [0, 0.05) is 16.9 Å². The standard InChI is InChI=1S/C25H28N2O3S/c1-5-19-10-8-11-20(6-2)24(19)26-25(28)21-14-13-18(4)23(16-21)31(29,30)27-22-12-7-9-17(3)15-22/h7-16,27H,5-6H2,1-4H3,(H,26,28). The van der Waals surface area contributed by atoms with E-state index in [0.717, 1.165) is 35.2 Å². The second-order valence-corrected chi connectivity index (χ2v) is 9.22. The van der Waals surface area contributed by atoms with Gasteiger partial charge in [0.25, 0.3) is 15.9 Å². The van der Waals surface area contributed by atoms with Gasteiger partial charge in [0.15, 0.2) is 0 Å². The predicted molar refractivity (Wildman–Crippen MR) is 126 cm³/mol. The maximum absolute atomic E-state index is 13.0. The van der Waals surface area contributed by atoms with Crippen molar-refractivity contribution in [1.82, 2.24) is 0 Å². The molecule has 0 unspecified atom stereocenters. The van der Waals surface area contributed by atoms with Crippen molar-refractivity contribution in [2.75, 3.05) is 10.0 Å². The molecule has 0 heterocycles. The fourth-order valence-electron chi connectivity index (χ4n) is 3.54. The lowest BCUT2D eigenvalue weighted by molar-refractivity contribution is 0.102. The first kappa shape index (κ1) is 22.6. The summed E-state index contributed by atoms with van der Waals surface area (Å²) >= 11 is 0. The Hall–Kier alpha value is -3.12. The molecule has 6 heteroatoms. The highest BCUT2D eigenvalue weighted by Gasteiger charge is 2.20. The van der Waals surface area contributed by atoms with Crippen LogP contribution in [-0.2, 0) is 22.9 Å². The molecule has 0 radical (unpaired) electrons. The van der Waals surface area contributed by atoms with Crippen LogP contribution < -0.4 is 10.0 Å². The van der Waals surface area contributed by atoms with Crippen LogP contribution >= 0.6 is 0 Å². The number of para-hydroxylation sites is 1. The molecule has 31 heavy (non-hydrogen) atoms. The second kappa shape index (κ2) is 9.35. The topological polar surface area (TPSA) is 75.3 Å². The number of benzene rings is 3. The summed E-state index contributed by atoms with van der Waals surface area (Å²) in [5.74, 6) is -0.331. The maximum Gasteiger partial charge on any atom is 0.262 e. The number of nitrogens with one attached hydrogen (secondary N) is 2. The quantitative estimate of drug-likeness (QED) is 0.515. The molecule has 0 aromatic heterocycles.